The molecule has 6 nitrogen and oxygen atoms in total. The van der Waals surface area contributed by atoms with E-state index in [2.05, 4.69) is 12.1 Å². The Morgan fingerprint density at radius 2 is 0.662 bits per heavy atom. The van der Waals surface area contributed by atoms with Crippen LogP contribution in [0.1, 0.15) is 31.8 Å². The van der Waals surface area contributed by atoms with Crippen LogP contribution in [0.4, 0.5) is 0 Å². The minimum Gasteiger partial charge on any atom is -0.489 e. The zero-order valence-electron chi connectivity index (χ0n) is 40.1. The second-order valence-corrected chi connectivity index (χ2v) is 18.2. The van der Waals surface area contributed by atoms with Gasteiger partial charge < -0.3 is 18.9 Å². The van der Waals surface area contributed by atoms with Crippen LogP contribution >= 0.6 is 0 Å². The zero-order valence-corrected chi connectivity index (χ0v) is 40.1. The molecule has 6 heteroatoms. The van der Waals surface area contributed by atoms with E-state index >= 15 is 0 Å². The highest BCUT2D eigenvalue weighted by atomic mass is 16.5. The lowest BCUT2D eigenvalue weighted by Gasteiger charge is -2.24. The third kappa shape index (κ3) is 9.32. The van der Waals surface area contributed by atoms with Crippen molar-refractivity contribution < 1.29 is 28.5 Å². The maximum absolute atomic E-state index is 15.0. The Morgan fingerprint density at radius 1 is 0.311 bits per heavy atom. The summed E-state index contributed by atoms with van der Waals surface area (Å²) < 4.78 is 26.0. The van der Waals surface area contributed by atoms with E-state index in [1.165, 1.54) is 0 Å². The number of ether oxygens (including phenoxy) is 4. The summed E-state index contributed by atoms with van der Waals surface area (Å²) in [4.78, 5) is 29.9. The van der Waals surface area contributed by atoms with Gasteiger partial charge in [0.1, 0.15) is 36.2 Å². The van der Waals surface area contributed by atoms with Crippen LogP contribution < -0.4 is 18.9 Å². The molecule has 0 fully saturated rings. The molecular formula is C68H46O6. The highest BCUT2D eigenvalue weighted by Gasteiger charge is 2.29. The quantitative estimate of drug-likeness (QED) is 0.0847. The molecule has 12 aromatic carbocycles. The summed E-state index contributed by atoms with van der Waals surface area (Å²) in [6.45, 7) is 0.880. The molecule has 0 radical (unpaired) electrons. The number of carbonyl (C=O) groups is 2. The SMILES string of the molecule is O=C(Oc1c(-c2c(-c3ccccc3)cc3ccccc3c2OC(=O)c2ccc3cc(OCc4ccccc4)ccc3c2)c(-c2ccccc2)cc2ccccc12)c1ccc2cc(OCc3ccccc3)ccc2c1. The Hall–Kier alpha value is -9.78. The average Bonchev–Trinajstić information content (AvgIpc) is 3.46. The second-order valence-electron chi connectivity index (χ2n) is 18.2. The molecular weight excluding hydrogens is 913 g/mol. The Labute approximate surface area is 428 Å². The van der Waals surface area contributed by atoms with E-state index in [0.29, 0.717) is 57.7 Å². The predicted molar refractivity (Wildman–Crippen MR) is 297 cm³/mol. The molecule has 0 aliphatic rings. The van der Waals surface area contributed by atoms with Crippen LogP contribution in [0.25, 0.3) is 76.5 Å². The maximum Gasteiger partial charge on any atom is 0.343 e. The van der Waals surface area contributed by atoms with Crippen LogP contribution in [0.3, 0.4) is 0 Å². The van der Waals surface area contributed by atoms with Crippen LogP contribution in [0, 0.1) is 0 Å². The zero-order chi connectivity index (χ0) is 49.8. The summed E-state index contributed by atoms with van der Waals surface area (Å²) in [7, 11) is 0. The number of hydrogen-bond acceptors (Lipinski definition) is 6. The molecule has 74 heavy (non-hydrogen) atoms. The average molecular weight is 959 g/mol. The van der Waals surface area contributed by atoms with Crippen molar-refractivity contribution in [3.8, 4) is 56.4 Å². The molecule has 0 unspecified atom stereocenters. The number of rotatable bonds is 13. The van der Waals surface area contributed by atoms with Crippen LogP contribution in [-0.2, 0) is 13.2 Å². The Balaban J connectivity index is 0.998. The molecule has 0 aliphatic carbocycles. The van der Waals surface area contributed by atoms with Gasteiger partial charge in [-0.1, -0.05) is 194 Å². The largest absolute Gasteiger partial charge is 0.489 e. The third-order valence-corrected chi connectivity index (χ3v) is 13.4. The van der Waals surface area contributed by atoms with Crippen LogP contribution in [0.5, 0.6) is 23.0 Å². The van der Waals surface area contributed by atoms with Gasteiger partial charge >= 0.3 is 11.9 Å². The maximum atomic E-state index is 15.0. The van der Waals surface area contributed by atoms with E-state index in [1.54, 1.807) is 12.1 Å². The van der Waals surface area contributed by atoms with Crippen LogP contribution in [0.2, 0.25) is 0 Å². The molecule has 0 heterocycles. The molecule has 0 amide bonds. The van der Waals surface area contributed by atoms with Gasteiger partial charge in [0.25, 0.3) is 0 Å². The van der Waals surface area contributed by atoms with Crippen molar-refractivity contribution in [1.29, 1.82) is 0 Å². The smallest absolute Gasteiger partial charge is 0.343 e. The molecule has 12 rings (SSSR count). The van der Waals surface area contributed by atoms with E-state index in [4.69, 9.17) is 18.9 Å². The van der Waals surface area contributed by atoms with E-state index in [0.717, 1.165) is 77.2 Å². The van der Waals surface area contributed by atoms with Crippen LogP contribution in [-0.4, -0.2) is 11.9 Å². The van der Waals surface area contributed by atoms with Gasteiger partial charge in [-0.3, -0.25) is 0 Å². The molecule has 0 atom stereocenters. The molecule has 0 N–H and O–H groups in total. The lowest BCUT2D eigenvalue weighted by atomic mass is 9.84. The van der Waals surface area contributed by atoms with Gasteiger partial charge in [0.2, 0.25) is 0 Å². The fourth-order valence-electron chi connectivity index (χ4n) is 9.69. The Morgan fingerprint density at radius 3 is 1.08 bits per heavy atom. The highest BCUT2D eigenvalue weighted by Crippen LogP contribution is 2.53. The van der Waals surface area contributed by atoms with Crippen molar-refractivity contribution in [2.45, 2.75) is 13.2 Å². The first-order valence-electron chi connectivity index (χ1n) is 24.6. The fraction of sp³-hybridized carbons (Fsp3) is 0.0294. The topological polar surface area (TPSA) is 71.1 Å². The van der Waals surface area contributed by atoms with Crippen molar-refractivity contribution in [2.24, 2.45) is 0 Å². The summed E-state index contributed by atoms with van der Waals surface area (Å²) in [6.07, 6.45) is 0. The van der Waals surface area contributed by atoms with Gasteiger partial charge in [-0.2, -0.15) is 0 Å². The second kappa shape index (κ2) is 20.1. The van der Waals surface area contributed by atoms with Crippen LogP contribution in [0.15, 0.2) is 255 Å². The highest BCUT2D eigenvalue weighted by molar-refractivity contribution is 6.13. The minimum atomic E-state index is -0.543. The first-order valence-corrected chi connectivity index (χ1v) is 24.6. The number of benzene rings is 12. The molecule has 0 aliphatic heterocycles. The van der Waals surface area contributed by atoms with E-state index in [9.17, 15) is 9.59 Å². The monoisotopic (exact) mass is 958 g/mol. The van der Waals surface area contributed by atoms with Gasteiger partial charge in [-0.15, -0.1) is 0 Å². The van der Waals surface area contributed by atoms with Gasteiger partial charge in [0, 0.05) is 21.9 Å². The molecule has 0 saturated carbocycles. The van der Waals surface area contributed by atoms with E-state index in [1.807, 2.05) is 231 Å². The van der Waals surface area contributed by atoms with Crippen molar-refractivity contribution >= 4 is 55.0 Å². The number of fused-ring (bicyclic) bond motifs is 4. The van der Waals surface area contributed by atoms with Crippen molar-refractivity contribution in [3.05, 3.63) is 277 Å². The Kier molecular flexibility index (Phi) is 12.4. The molecule has 0 aromatic heterocycles. The molecule has 354 valence electrons. The molecule has 12 aromatic rings. The van der Waals surface area contributed by atoms with Gasteiger partial charge in [-0.25, -0.2) is 9.59 Å². The molecule has 0 bridgehead atoms. The van der Waals surface area contributed by atoms with E-state index < -0.39 is 11.9 Å². The molecule has 0 saturated heterocycles. The lowest BCUT2D eigenvalue weighted by molar-refractivity contribution is 0.0726. The normalized spacial score (nSPS) is 11.2. The fourth-order valence-corrected chi connectivity index (χ4v) is 9.69. The van der Waals surface area contributed by atoms with Crippen molar-refractivity contribution in [3.63, 3.8) is 0 Å². The summed E-state index contributed by atoms with van der Waals surface area (Å²) in [5.74, 6) is 1.03. The summed E-state index contributed by atoms with van der Waals surface area (Å²) in [5.41, 5.74) is 7.42. The number of carbonyl (C=O) groups excluding carboxylic acids is 2. The van der Waals surface area contributed by atoms with Gasteiger partial charge in [0.15, 0.2) is 0 Å². The van der Waals surface area contributed by atoms with E-state index in [-0.39, 0.29) is 0 Å². The standard InChI is InChI=1S/C68H46O6/c69-67(55-31-29-51-39-57(35-33-49(51)37-55)71-43-45-17-5-1-6-18-45)73-65-59-27-15-13-25-53(59)41-61(47-21-9-3-10-22-47)63(65)64-62(48-23-11-4-12-24-48)42-54-26-14-16-28-60(54)66(64)74-68(70)56-32-30-52-40-58(36-34-50(52)38-56)72-44-46-19-7-2-8-20-46/h1-42H,43-44H2. The summed E-state index contributed by atoms with van der Waals surface area (Å²) in [6, 6.07) is 83.0. The lowest BCUT2D eigenvalue weighted by Crippen LogP contribution is -2.12. The summed E-state index contributed by atoms with van der Waals surface area (Å²) in [5, 5.41) is 6.71. The third-order valence-electron chi connectivity index (χ3n) is 13.4. The van der Waals surface area contributed by atoms with Crippen molar-refractivity contribution in [2.75, 3.05) is 0 Å². The van der Waals surface area contributed by atoms with Gasteiger partial charge in [-0.05, 0) is 126 Å². The number of hydrogen-bond donors (Lipinski definition) is 0. The van der Waals surface area contributed by atoms with Gasteiger partial charge in [0.05, 0.1) is 11.1 Å². The number of esters is 2. The minimum absolute atomic E-state index is 0.331. The summed E-state index contributed by atoms with van der Waals surface area (Å²) >= 11 is 0. The van der Waals surface area contributed by atoms with Crippen molar-refractivity contribution in [1.82, 2.24) is 0 Å². The Bertz CT molecular complexity index is 3780. The molecule has 0 spiro atoms. The first-order chi connectivity index (χ1) is 36.5. The predicted octanol–water partition coefficient (Wildman–Crippen LogP) is 16.9. The first kappa shape index (κ1) is 45.4.